The van der Waals surface area contributed by atoms with Gasteiger partial charge in [-0.2, -0.15) is 0 Å². The van der Waals surface area contributed by atoms with Crippen molar-refractivity contribution in [2.45, 2.75) is 0 Å². The lowest BCUT2D eigenvalue weighted by Gasteiger charge is -2.10. The summed E-state index contributed by atoms with van der Waals surface area (Å²) in [5.74, 6) is -0.164. The van der Waals surface area contributed by atoms with Crippen LogP contribution in [0.3, 0.4) is 0 Å². The van der Waals surface area contributed by atoms with Gasteiger partial charge >= 0.3 is 0 Å². The maximum Gasteiger partial charge on any atom is 0.255 e. The molecule has 2 aromatic carbocycles. The van der Waals surface area contributed by atoms with E-state index in [0.717, 1.165) is 12.5 Å². The van der Waals surface area contributed by atoms with E-state index in [-0.39, 0.29) is 5.91 Å². The number of rotatable bonds is 2. The van der Waals surface area contributed by atoms with Gasteiger partial charge in [0.15, 0.2) is 0 Å². The Bertz CT molecular complexity index is 606. The molecule has 0 fully saturated rings. The van der Waals surface area contributed by atoms with Crippen molar-refractivity contribution in [1.82, 2.24) is 0 Å². The van der Waals surface area contributed by atoms with Crippen LogP contribution in [0.5, 0.6) is 0 Å². The first kappa shape index (κ1) is 14.8. The summed E-state index contributed by atoms with van der Waals surface area (Å²) >= 11 is 8.97. The lowest BCUT2D eigenvalue weighted by molar-refractivity contribution is 0.102. The van der Waals surface area contributed by atoms with Crippen molar-refractivity contribution in [3.63, 3.8) is 0 Å². The van der Waals surface area contributed by atoms with Gasteiger partial charge < -0.3 is 11.1 Å². The molecule has 0 bridgehead atoms. The van der Waals surface area contributed by atoms with E-state index in [1.807, 2.05) is 12.1 Å². The van der Waals surface area contributed by atoms with Crippen LogP contribution in [0.4, 0.5) is 11.4 Å². The highest BCUT2D eigenvalue weighted by Crippen LogP contribution is 2.33. The van der Waals surface area contributed by atoms with Gasteiger partial charge in [0.1, 0.15) is 0 Å². The molecule has 0 aromatic heterocycles. The molecule has 0 saturated heterocycles. The smallest absolute Gasteiger partial charge is 0.255 e. The quantitative estimate of drug-likeness (QED) is 0.471. The number of nitrogens with two attached hydrogens (primary N) is 1. The Morgan fingerprint density at radius 2 is 1.63 bits per heavy atom. The molecule has 3 N–H and O–H groups in total. The molecular weight excluding hydrogens is 487 g/mol. The van der Waals surface area contributed by atoms with Gasteiger partial charge in [0, 0.05) is 23.8 Å². The van der Waals surface area contributed by atoms with E-state index in [4.69, 9.17) is 5.73 Å². The molecule has 0 spiro atoms. The van der Waals surface area contributed by atoms with Crippen LogP contribution in [0.1, 0.15) is 10.4 Å². The molecule has 3 nitrogen and oxygen atoms in total. The Labute approximate surface area is 141 Å². The van der Waals surface area contributed by atoms with Gasteiger partial charge in [0.25, 0.3) is 5.91 Å². The molecule has 2 aromatic rings. The molecular formula is C13H9Br2IN2O. The van der Waals surface area contributed by atoms with E-state index in [0.29, 0.717) is 16.9 Å². The van der Waals surface area contributed by atoms with Gasteiger partial charge in [-0.05, 0) is 90.8 Å². The largest absolute Gasteiger partial charge is 0.399 e. The first-order valence-corrected chi connectivity index (χ1v) is 7.95. The van der Waals surface area contributed by atoms with Crippen LogP contribution in [0.2, 0.25) is 0 Å². The molecule has 1 amide bonds. The minimum Gasteiger partial charge on any atom is -0.399 e. The topological polar surface area (TPSA) is 55.1 Å². The molecule has 0 aliphatic carbocycles. The van der Waals surface area contributed by atoms with Crippen LogP contribution in [0.15, 0.2) is 45.3 Å². The van der Waals surface area contributed by atoms with Gasteiger partial charge in [-0.1, -0.05) is 0 Å². The summed E-state index contributed by atoms with van der Waals surface area (Å²) in [6.07, 6.45) is 0. The first-order chi connectivity index (χ1) is 8.97. The van der Waals surface area contributed by atoms with Crippen LogP contribution >= 0.6 is 54.5 Å². The van der Waals surface area contributed by atoms with Crippen molar-refractivity contribution in [3.8, 4) is 0 Å². The fourth-order valence-corrected chi connectivity index (χ4v) is 3.28. The van der Waals surface area contributed by atoms with Gasteiger partial charge in [-0.25, -0.2) is 0 Å². The fourth-order valence-electron chi connectivity index (χ4n) is 1.50. The molecule has 0 radical (unpaired) electrons. The number of amides is 1. The normalized spacial score (nSPS) is 10.3. The SMILES string of the molecule is Nc1cc(Br)c(NC(=O)c2ccc(I)cc2)c(Br)c1. The zero-order valence-electron chi connectivity index (χ0n) is 9.58. The van der Waals surface area contributed by atoms with E-state index in [1.54, 1.807) is 24.3 Å². The van der Waals surface area contributed by atoms with Crippen molar-refractivity contribution in [2.75, 3.05) is 11.1 Å². The first-order valence-electron chi connectivity index (χ1n) is 5.29. The third-order valence-electron chi connectivity index (χ3n) is 2.41. The van der Waals surface area contributed by atoms with Gasteiger partial charge in [-0.15, -0.1) is 0 Å². The average Bonchev–Trinajstić information content (AvgIpc) is 2.34. The summed E-state index contributed by atoms with van der Waals surface area (Å²) in [5, 5.41) is 2.85. The summed E-state index contributed by atoms with van der Waals surface area (Å²) < 4.78 is 2.56. The van der Waals surface area contributed by atoms with Gasteiger partial charge in [0.05, 0.1) is 5.69 Å². The minimum absolute atomic E-state index is 0.164. The van der Waals surface area contributed by atoms with Crippen molar-refractivity contribution in [2.24, 2.45) is 0 Å². The maximum absolute atomic E-state index is 12.1. The van der Waals surface area contributed by atoms with Crippen molar-refractivity contribution < 1.29 is 4.79 Å². The molecule has 0 atom stereocenters. The number of nitrogen functional groups attached to an aromatic ring is 1. The summed E-state index contributed by atoms with van der Waals surface area (Å²) in [4.78, 5) is 12.1. The van der Waals surface area contributed by atoms with Gasteiger partial charge in [-0.3, -0.25) is 4.79 Å². The van der Waals surface area contributed by atoms with Crippen molar-refractivity contribution in [1.29, 1.82) is 0 Å². The third kappa shape index (κ3) is 3.70. The fraction of sp³-hybridized carbons (Fsp3) is 0. The Balaban J connectivity index is 2.26. The number of anilines is 2. The maximum atomic E-state index is 12.1. The number of hydrogen-bond donors (Lipinski definition) is 2. The van der Waals surface area contributed by atoms with Gasteiger partial charge in [0.2, 0.25) is 0 Å². The summed E-state index contributed by atoms with van der Waals surface area (Å²) in [5.41, 5.74) is 7.60. The molecule has 0 saturated carbocycles. The van der Waals surface area contributed by atoms with Crippen LogP contribution in [-0.2, 0) is 0 Å². The minimum atomic E-state index is -0.164. The van der Waals surface area contributed by atoms with Crippen LogP contribution in [0, 0.1) is 3.57 Å². The monoisotopic (exact) mass is 494 g/mol. The van der Waals surface area contributed by atoms with Crippen molar-refractivity contribution in [3.05, 3.63) is 54.5 Å². The number of benzene rings is 2. The van der Waals surface area contributed by atoms with E-state index in [2.05, 4.69) is 59.8 Å². The summed E-state index contributed by atoms with van der Waals surface area (Å²) in [7, 11) is 0. The molecule has 0 unspecified atom stereocenters. The molecule has 0 aliphatic heterocycles. The molecule has 19 heavy (non-hydrogen) atoms. The highest BCUT2D eigenvalue weighted by molar-refractivity contribution is 14.1. The second kappa shape index (κ2) is 6.23. The molecule has 0 heterocycles. The molecule has 0 aliphatic rings. The van der Waals surface area contributed by atoms with Crippen LogP contribution < -0.4 is 11.1 Å². The standard InChI is InChI=1S/C13H9Br2IN2O/c14-10-5-9(17)6-11(15)12(10)18-13(19)7-1-3-8(16)4-2-7/h1-6H,17H2,(H,18,19). The van der Waals surface area contributed by atoms with E-state index < -0.39 is 0 Å². The number of carbonyl (C=O) groups is 1. The summed E-state index contributed by atoms with van der Waals surface area (Å²) in [6.45, 7) is 0. The molecule has 98 valence electrons. The second-order valence-electron chi connectivity index (χ2n) is 3.82. The molecule has 6 heteroatoms. The average molecular weight is 496 g/mol. The lowest BCUT2D eigenvalue weighted by Crippen LogP contribution is -2.12. The van der Waals surface area contributed by atoms with E-state index in [9.17, 15) is 4.79 Å². The predicted octanol–water partition coefficient (Wildman–Crippen LogP) is 4.65. The Morgan fingerprint density at radius 3 is 2.16 bits per heavy atom. The zero-order valence-corrected chi connectivity index (χ0v) is 14.9. The molecule has 2 rings (SSSR count). The zero-order chi connectivity index (χ0) is 14.0. The summed E-state index contributed by atoms with van der Waals surface area (Å²) in [6, 6.07) is 10.8. The van der Waals surface area contributed by atoms with Crippen molar-refractivity contribution >= 4 is 71.7 Å². The van der Waals surface area contributed by atoms with E-state index >= 15 is 0 Å². The second-order valence-corrected chi connectivity index (χ2v) is 6.77. The van der Waals surface area contributed by atoms with Crippen LogP contribution in [-0.4, -0.2) is 5.91 Å². The Hall–Kier alpha value is -0.600. The van der Waals surface area contributed by atoms with E-state index in [1.165, 1.54) is 0 Å². The Morgan fingerprint density at radius 1 is 1.11 bits per heavy atom. The lowest BCUT2D eigenvalue weighted by atomic mass is 10.2. The Kier molecular flexibility index (Phi) is 4.86. The highest BCUT2D eigenvalue weighted by atomic mass is 127. The predicted molar refractivity (Wildman–Crippen MR) is 93.4 cm³/mol. The number of nitrogens with one attached hydrogen (secondary N) is 1. The third-order valence-corrected chi connectivity index (χ3v) is 4.38. The number of carbonyl (C=O) groups excluding carboxylic acids is 1. The van der Waals surface area contributed by atoms with Crippen LogP contribution in [0.25, 0.3) is 0 Å². The number of hydrogen-bond acceptors (Lipinski definition) is 2. The highest BCUT2D eigenvalue weighted by Gasteiger charge is 2.11. The number of halogens is 3.